The van der Waals surface area contributed by atoms with E-state index in [1.165, 1.54) is 63.4 Å². The van der Waals surface area contributed by atoms with Crippen LogP contribution < -0.4 is 0 Å². The first-order valence-electron chi connectivity index (χ1n) is 6.13. The molecule has 0 saturated heterocycles. The standard InChI is InChI=1S/C8H17.C3H6O4S.Na/c1-4-6-7-8(3)5-2;1-2-3-7-8(4,5)6;/h8H,3-7H2,1-2H3;2H,1,3H2,(H,4,5,6);. The molecule has 1 atom stereocenters. The summed E-state index contributed by atoms with van der Waals surface area (Å²) in [6, 6.07) is 0. The summed E-state index contributed by atoms with van der Waals surface area (Å²) < 4.78 is 32.5. The molecule has 0 fully saturated rings. The first-order chi connectivity index (χ1) is 7.91. The second-order valence-electron chi connectivity index (χ2n) is 3.83. The minimum atomic E-state index is -4.26. The fraction of sp³-hybridized carbons (Fsp3) is 0.818. The van der Waals surface area contributed by atoms with E-state index in [1.807, 2.05) is 0 Å². The molecule has 0 saturated carbocycles. The van der Waals surface area contributed by atoms with E-state index >= 15 is 0 Å². The zero-order valence-electron chi connectivity index (χ0n) is 11.2. The Hall–Kier alpha value is 0.610. The van der Waals surface area contributed by atoms with Gasteiger partial charge in [-0.25, -0.2) is 4.18 Å². The van der Waals surface area contributed by atoms with Crippen molar-refractivity contribution in [1.82, 2.24) is 0 Å². The van der Waals surface area contributed by atoms with Crippen molar-refractivity contribution < 1.29 is 17.2 Å². The number of unbranched alkanes of at least 4 members (excludes halogenated alkanes) is 1. The van der Waals surface area contributed by atoms with Crippen LogP contribution in [0.25, 0.3) is 0 Å². The predicted molar refractivity (Wildman–Crippen MR) is 71.6 cm³/mol. The Morgan fingerprint density at radius 1 is 1.47 bits per heavy atom. The molecule has 0 aromatic heterocycles. The Balaban J connectivity index is 0. The van der Waals surface area contributed by atoms with Gasteiger partial charge in [0.05, 0.1) is 6.61 Å². The Morgan fingerprint density at radius 2 is 2.06 bits per heavy atom. The Labute approximate surface area is 123 Å². The quantitative estimate of drug-likeness (QED) is 0.420. The zero-order chi connectivity index (χ0) is 13.7. The van der Waals surface area contributed by atoms with Gasteiger partial charge in [-0.05, 0) is 0 Å². The van der Waals surface area contributed by atoms with E-state index in [9.17, 15) is 8.42 Å². The van der Waals surface area contributed by atoms with Crippen LogP contribution in [-0.4, -0.2) is 47.5 Å². The fourth-order valence-electron chi connectivity index (χ4n) is 1.32. The second-order valence-corrected chi connectivity index (χ2v) is 5.73. The second kappa shape index (κ2) is 13.1. The van der Waals surface area contributed by atoms with Gasteiger partial charge >= 0.3 is 87.4 Å². The van der Waals surface area contributed by atoms with Crippen LogP contribution in [0.4, 0.5) is 0 Å². The van der Waals surface area contributed by atoms with E-state index in [-0.39, 0.29) is 6.61 Å². The molecule has 0 aliphatic heterocycles. The Kier molecular flexibility index (Phi) is 15.3. The van der Waals surface area contributed by atoms with Gasteiger partial charge < -0.3 is 0 Å². The molecule has 17 heavy (non-hydrogen) atoms. The Morgan fingerprint density at radius 3 is 2.29 bits per heavy atom. The SMILES string of the molecule is C=CCOS(=O)(=O)O.CCCCC(CC)[CH2][Na]. The van der Waals surface area contributed by atoms with Gasteiger partial charge in [0, 0.05) is 0 Å². The van der Waals surface area contributed by atoms with E-state index in [0.717, 1.165) is 5.92 Å². The van der Waals surface area contributed by atoms with Crippen molar-refractivity contribution in [3.63, 3.8) is 0 Å². The molecule has 0 aromatic rings. The number of hydrogen-bond donors (Lipinski definition) is 1. The predicted octanol–water partition coefficient (Wildman–Crippen LogP) is 2.78. The molecule has 98 valence electrons. The summed E-state index contributed by atoms with van der Waals surface area (Å²) in [5.74, 6) is 1.07. The van der Waals surface area contributed by atoms with E-state index in [2.05, 4.69) is 24.6 Å². The van der Waals surface area contributed by atoms with Crippen molar-refractivity contribution in [3.8, 4) is 0 Å². The molecule has 0 bridgehead atoms. The van der Waals surface area contributed by atoms with Gasteiger partial charge in [-0.3, -0.25) is 4.55 Å². The molecule has 6 heteroatoms. The van der Waals surface area contributed by atoms with Crippen molar-refractivity contribution in [2.24, 2.45) is 5.92 Å². The molecule has 0 heterocycles. The van der Waals surface area contributed by atoms with Crippen molar-refractivity contribution >= 4 is 38.3 Å². The molecule has 1 N–H and O–H groups in total. The van der Waals surface area contributed by atoms with E-state index < -0.39 is 10.4 Å². The van der Waals surface area contributed by atoms with Crippen LogP contribution in [0.15, 0.2) is 12.7 Å². The van der Waals surface area contributed by atoms with E-state index in [4.69, 9.17) is 4.55 Å². The summed E-state index contributed by atoms with van der Waals surface area (Å²) in [6.07, 6.45) is 6.92. The summed E-state index contributed by atoms with van der Waals surface area (Å²) in [5, 5.41) is 0. The number of rotatable bonds is 8. The molecule has 4 nitrogen and oxygen atoms in total. The van der Waals surface area contributed by atoms with Crippen molar-refractivity contribution in [3.05, 3.63) is 12.7 Å². The molecule has 0 amide bonds. The monoisotopic (exact) mass is 274 g/mol. The van der Waals surface area contributed by atoms with Crippen LogP contribution in [0.3, 0.4) is 0 Å². The van der Waals surface area contributed by atoms with Gasteiger partial charge in [-0.2, -0.15) is 8.42 Å². The van der Waals surface area contributed by atoms with Gasteiger partial charge in [-0.1, -0.05) is 6.08 Å². The molecule has 0 aliphatic rings. The normalized spacial score (nSPS) is 12.5. The molecule has 1 unspecified atom stereocenters. The average Bonchev–Trinajstić information content (AvgIpc) is 2.28. The van der Waals surface area contributed by atoms with Crippen LogP contribution in [0.5, 0.6) is 0 Å². The van der Waals surface area contributed by atoms with Crippen LogP contribution >= 0.6 is 0 Å². The molecule has 0 aliphatic carbocycles. The topological polar surface area (TPSA) is 63.6 Å². The molecule has 0 rings (SSSR count). The van der Waals surface area contributed by atoms with Gasteiger partial charge in [0.25, 0.3) is 0 Å². The van der Waals surface area contributed by atoms with Crippen molar-refractivity contribution in [1.29, 1.82) is 0 Å². The summed E-state index contributed by atoms with van der Waals surface area (Å²) in [4.78, 5) is 0. The average molecular weight is 274 g/mol. The third kappa shape index (κ3) is 19.1. The van der Waals surface area contributed by atoms with Crippen LogP contribution in [-0.2, 0) is 14.6 Å². The summed E-state index contributed by atoms with van der Waals surface area (Å²) in [7, 11) is -4.26. The van der Waals surface area contributed by atoms with Crippen LogP contribution in [0, 0.1) is 5.92 Å². The first-order valence-corrected chi connectivity index (χ1v) is 8.91. The fourth-order valence-corrected chi connectivity index (χ4v) is 2.58. The maximum absolute atomic E-state index is 9.68. The summed E-state index contributed by atoms with van der Waals surface area (Å²) >= 11 is 1.40. The van der Waals surface area contributed by atoms with Gasteiger partial charge in [0.2, 0.25) is 0 Å². The van der Waals surface area contributed by atoms with E-state index in [1.54, 1.807) is 0 Å². The van der Waals surface area contributed by atoms with Gasteiger partial charge in [0.1, 0.15) is 0 Å². The molecular formula is C11H23NaO4S. The van der Waals surface area contributed by atoms with Crippen LogP contribution in [0.1, 0.15) is 39.5 Å². The molecule has 0 aromatic carbocycles. The Bertz CT molecular complexity index is 261. The van der Waals surface area contributed by atoms with E-state index in [0.29, 0.717) is 0 Å². The van der Waals surface area contributed by atoms with Crippen LogP contribution in [0.2, 0.25) is 3.67 Å². The molecule has 0 radical (unpaired) electrons. The molecule has 0 spiro atoms. The number of hydrogen-bond acceptors (Lipinski definition) is 3. The third-order valence-corrected chi connectivity index (χ3v) is 4.04. The first kappa shape index (κ1) is 19.9. The zero-order valence-corrected chi connectivity index (χ0v) is 14.0. The van der Waals surface area contributed by atoms with Crippen molar-refractivity contribution in [2.75, 3.05) is 6.61 Å². The maximum atomic E-state index is 9.68. The van der Waals surface area contributed by atoms with Gasteiger partial charge in [0.15, 0.2) is 0 Å². The third-order valence-electron chi connectivity index (χ3n) is 2.46. The summed E-state index contributed by atoms with van der Waals surface area (Å²) in [5.41, 5.74) is 0. The minimum absolute atomic E-state index is 0.196. The van der Waals surface area contributed by atoms with Crippen molar-refractivity contribution in [2.45, 2.75) is 43.2 Å². The van der Waals surface area contributed by atoms with Gasteiger partial charge in [-0.15, -0.1) is 6.58 Å². The summed E-state index contributed by atoms with van der Waals surface area (Å²) in [6.45, 7) is 7.56. The molecular weight excluding hydrogens is 251 g/mol.